The third kappa shape index (κ3) is 2.19. The van der Waals surface area contributed by atoms with Gasteiger partial charge in [0.05, 0.1) is 18.6 Å². The number of rotatable bonds is 0. The molecule has 3 nitrogen and oxygen atoms in total. The van der Waals surface area contributed by atoms with Gasteiger partial charge in [0, 0.05) is 17.5 Å². The Morgan fingerprint density at radius 3 is 3.00 bits per heavy atom. The van der Waals surface area contributed by atoms with E-state index in [1.54, 1.807) is 0 Å². The van der Waals surface area contributed by atoms with Crippen LogP contribution in [0.2, 0.25) is 0 Å². The van der Waals surface area contributed by atoms with Gasteiger partial charge < -0.3 is 9.47 Å². The lowest BCUT2D eigenvalue weighted by molar-refractivity contribution is 0.0247. The second kappa shape index (κ2) is 4.67. The lowest BCUT2D eigenvalue weighted by Crippen LogP contribution is -2.42. The van der Waals surface area contributed by atoms with Crippen LogP contribution in [-0.4, -0.2) is 24.6 Å². The Hall–Kier alpha value is -0.870. The molecule has 1 saturated heterocycles. The standard InChI is InChI=1S/C14H15BrO3/c15-10-2-3-11-12(16)9-14(18-13(11)8-10)4-1-6-17-7-5-14/h2-3,8H,1,4-7,9H2. The number of hydrogen-bond donors (Lipinski definition) is 0. The van der Waals surface area contributed by atoms with Gasteiger partial charge in [0.25, 0.3) is 0 Å². The van der Waals surface area contributed by atoms with E-state index in [0.717, 1.165) is 30.3 Å². The van der Waals surface area contributed by atoms with Crippen LogP contribution in [0.1, 0.15) is 36.0 Å². The summed E-state index contributed by atoms with van der Waals surface area (Å²) in [6, 6.07) is 5.61. The zero-order valence-corrected chi connectivity index (χ0v) is 11.7. The van der Waals surface area contributed by atoms with Crippen molar-refractivity contribution in [2.45, 2.75) is 31.3 Å². The fourth-order valence-corrected chi connectivity index (χ4v) is 3.07. The summed E-state index contributed by atoms with van der Waals surface area (Å²) >= 11 is 3.42. The predicted octanol–water partition coefficient (Wildman–Crippen LogP) is 3.35. The van der Waals surface area contributed by atoms with Crippen molar-refractivity contribution in [1.82, 2.24) is 0 Å². The van der Waals surface area contributed by atoms with Gasteiger partial charge in [-0.1, -0.05) is 15.9 Å². The van der Waals surface area contributed by atoms with E-state index in [1.807, 2.05) is 18.2 Å². The van der Waals surface area contributed by atoms with Gasteiger partial charge in [0.2, 0.25) is 0 Å². The molecule has 1 fully saturated rings. The van der Waals surface area contributed by atoms with Gasteiger partial charge in [-0.15, -0.1) is 0 Å². The average molecular weight is 311 g/mol. The Morgan fingerprint density at radius 2 is 2.11 bits per heavy atom. The number of carbonyl (C=O) groups is 1. The number of carbonyl (C=O) groups excluding carboxylic acids is 1. The van der Waals surface area contributed by atoms with Crippen molar-refractivity contribution in [3.63, 3.8) is 0 Å². The Labute approximate surface area is 115 Å². The van der Waals surface area contributed by atoms with E-state index in [4.69, 9.17) is 9.47 Å². The van der Waals surface area contributed by atoms with Crippen molar-refractivity contribution in [3.8, 4) is 5.75 Å². The predicted molar refractivity (Wildman–Crippen MR) is 71.1 cm³/mol. The molecule has 2 aliphatic heterocycles. The van der Waals surface area contributed by atoms with Gasteiger partial charge >= 0.3 is 0 Å². The SMILES string of the molecule is O=C1CC2(CCCOCC2)Oc2cc(Br)ccc21. The first-order valence-corrected chi connectivity index (χ1v) is 7.07. The van der Waals surface area contributed by atoms with Crippen molar-refractivity contribution < 1.29 is 14.3 Å². The maximum atomic E-state index is 12.2. The summed E-state index contributed by atoms with van der Waals surface area (Å²) in [6.07, 6.45) is 3.12. The minimum absolute atomic E-state index is 0.186. The first-order valence-electron chi connectivity index (χ1n) is 6.28. The topological polar surface area (TPSA) is 35.5 Å². The largest absolute Gasteiger partial charge is 0.486 e. The molecule has 18 heavy (non-hydrogen) atoms. The Bertz CT molecular complexity index is 476. The highest BCUT2D eigenvalue weighted by Gasteiger charge is 2.40. The number of halogens is 1. The molecule has 0 radical (unpaired) electrons. The molecule has 2 heterocycles. The Balaban J connectivity index is 1.96. The molecule has 0 N–H and O–H groups in total. The number of benzene rings is 1. The van der Waals surface area contributed by atoms with Crippen LogP contribution in [0.3, 0.4) is 0 Å². The summed E-state index contributed by atoms with van der Waals surface area (Å²) in [5.41, 5.74) is 0.357. The van der Waals surface area contributed by atoms with E-state index in [9.17, 15) is 4.79 Å². The molecule has 0 amide bonds. The fraction of sp³-hybridized carbons (Fsp3) is 0.500. The third-order valence-electron chi connectivity index (χ3n) is 3.68. The molecule has 0 aromatic heterocycles. The summed E-state index contributed by atoms with van der Waals surface area (Å²) in [7, 11) is 0. The minimum atomic E-state index is -0.346. The summed E-state index contributed by atoms with van der Waals surface area (Å²) in [5.74, 6) is 0.896. The average Bonchev–Trinajstić information content (AvgIpc) is 2.54. The molecule has 0 bridgehead atoms. The number of hydrogen-bond acceptors (Lipinski definition) is 3. The van der Waals surface area contributed by atoms with Crippen molar-refractivity contribution in [1.29, 1.82) is 0 Å². The summed E-state index contributed by atoms with van der Waals surface area (Å²) < 4.78 is 12.6. The summed E-state index contributed by atoms with van der Waals surface area (Å²) in [6.45, 7) is 1.45. The van der Waals surface area contributed by atoms with Crippen LogP contribution < -0.4 is 4.74 Å². The maximum absolute atomic E-state index is 12.2. The maximum Gasteiger partial charge on any atom is 0.170 e. The van der Waals surface area contributed by atoms with E-state index in [1.165, 1.54) is 0 Å². The lowest BCUT2D eigenvalue weighted by atomic mass is 9.84. The zero-order chi connectivity index (χ0) is 12.6. The number of Topliss-reactive ketones (excluding diaryl/α,β-unsaturated/α-hetero) is 1. The molecular weight excluding hydrogens is 296 g/mol. The molecule has 1 aromatic carbocycles. The second-order valence-corrected chi connectivity index (χ2v) is 5.91. The first-order chi connectivity index (χ1) is 8.69. The molecule has 2 aliphatic rings. The number of ketones is 1. The normalized spacial score (nSPS) is 27.5. The van der Waals surface area contributed by atoms with E-state index in [-0.39, 0.29) is 11.4 Å². The lowest BCUT2D eigenvalue weighted by Gasteiger charge is -2.37. The van der Waals surface area contributed by atoms with Crippen molar-refractivity contribution >= 4 is 21.7 Å². The van der Waals surface area contributed by atoms with Gasteiger partial charge in [-0.25, -0.2) is 0 Å². The van der Waals surface area contributed by atoms with Crippen LogP contribution in [-0.2, 0) is 4.74 Å². The second-order valence-electron chi connectivity index (χ2n) is 4.99. The van der Waals surface area contributed by atoms with Gasteiger partial charge in [0.15, 0.2) is 5.78 Å². The van der Waals surface area contributed by atoms with E-state index < -0.39 is 0 Å². The van der Waals surface area contributed by atoms with Crippen LogP contribution >= 0.6 is 15.9 Å². The highest BCUT2D eigenvalue weighted by molar-refractivity contribution is 9.10. The van der Waals surface area contributed by atoms with Crippen molar-refractivity contribution in [2.24, 2.45) is 0 Å². The summed E-state index contributed by atoms with van der Waals surface area (Å²) in [4.78, 5) is 12.2. The number of ether oxygens (including phenoxy) is 2. The quantitative estimate of drug-likeness (QED) is 0.737. The first kappa shape index (κ1) is 12.2. The van der Waals surface area contributed by atoms with Crippen LogP contribution in [0, 0.1) is 0 Å². The van der Waals surface area contributed by atoms with Gasteiger partial charge in [0.1, 0.15) is 11.4 Å². The highest BCUT2D eigenvalue weighted by atomic mass is 79.9. The molecule has 0 saturated carbocycles. The molecule has 0 aliphatic carbocycles. The van der Waals surface area contributed by atoms with Crippen LogP contribution in [0.5, 0.6) is 5.75 Å². The smallest absolute Gasteiger partial charge is 0.170 e. The van der Waals surface area contributed by atoms with Gasteiger partial charge in [-0.05, 0) is 31.0 Å². The Kier molecular flexibility index (Phi) is 3.16. The molecule has 3 rings (SSSR count). The van der Waals surface area contributed by atoms with Crippen molar-refractivity contribution in [2.75, 3.05) is 13.2 Å². The molecular formula is C14H15BrO3. The zero-order valence-electron chi connectivity index (χ0n) is 10.1. The molecule has 1 aromatic rings. The number of fused-ring (bicyclic) bond motifs is 1. The molecule has 1 spiro atoms. The van der Waals surface area contributed by atoms with Gasteiger partial charge in [-0.3, -0.25) is 4.79 Å². The van der Waals surface area contributed by atoms with Crippen LogP contribution in [0.25, 0.3) is 0 Å². The highest BCUT2D eigenvalue weighted by Crippen LogP contribution is 2.40. The molecule has 1 unspecified atom stereocenters. The molecule has 96 valence electrons. The minimum Gasteiger partial charge on any atom is -0.486 e. The van der Waals surface area contributed by atoms with E-state index >= 15 is 0 Å². The van der Waals surface area contributed by atoms with Crippen LogP contribution in [0.4, 0.5) is 0 Å². The van der Waals surface area contributed by atoms with Crippen LogP contribution in [0.15, 0.2) is 22.7 Å². The Morgan fingerprint density at radius 1 is 1.22 bits per heavy atom. The summed E-state index contributed by atoms with van der Waals surface area (Å²) in [5, 5.41) is 0. The third-order valence-corrected chi connectivity index (χ3v) is 4.17. The monoisotopic (exact) mass is 310 g/mol. The van der Waals surface area contributed by atoms with E-state index in [2.05, 4.69) is 15.9 Å². The molecule has 4 heteroatoms. The fourth-order valence-electron chi connectivity index (χ4n) is 2.73. The van der Waals surface area contributed by atoms with Gasteiger partial charge in [-0.2, -0.15) is 0 Å². The van der Waals surface area contributed by atoms with E-state index in [0.29, 0.717) is 24.3 Å². The van der Waals surface area contributed by atoms with Crippen molar-refractivity contribution in [3.05, 3.63) is 28.2 Å². The molecule has 1 atom stereocenters.